The van der Waals surface area contributed by atoms with E-state index in [1.807, 2.05) is 44.2 Å². The minimum atomic E-state index is -0.497. The van der Waals surface area contributed by atoms with Crippen molar-refractivity contribution in [3.05, 3.63) is 35.9 Å². The Hall–Kier alpha value is -2.57. The molecule has 0 bridgehead atoms. The van der Waals surface area contributed by atoms with Crippen molar-refractivity contribution in [2.75, 3.05) is 19.7 Å². The lowest BCUT2D eigenvalue weighted by Gasteiger charge is -2.20. The van der Waals surface area contributed by atoms with E-state index in [1.165, 1.54) is 0 Å². The molecule has 0 radical (unpaired) electrons. The first kappa shape index (κ1) is 21.5. The molecule has 1 unspecified atom stereocenters. The second kappa shape index (κ2) is 11.9. The van der Waals surface area contributed by atoms with Gasteiger partial charge in [-0.2, -0.15) is 0 Å². The first-order valence-electron chi connectivity index (χ1n) is 8.91. The summed E-state index contributed by atoms with van der Waals surface area (Å²) in [6.07, 6.45) is 0.442. The minimum Gasteiger partial charge on any atom is -0.450 e. The third-order valence-corrected chi connectivity index (χ3v) is 3.55. The van der Waals surface area contributed by atoms with Gasteiger partial charge in [0, 0.05) is 12.6 Å². The Bertz CT molecular complexity index is 575. The maximum Gasteiger partial charge on any atom is 0.407 e. The highest BCUT2D eigenvalue weighted by Gasteiger charge is 2.16. The highest BCUT2D eigenvalue weighted by Crippen LogP contribution is 2.04. The average molecular weight is 363 g/mol. The van der Waals surface area contributed by atoms with E-state index < -0.39 is 6.09 Å². The lowest BCUT2D eigenvalue weighted by Crippen LogP contribution is -2.46. The third-order valence-electron chi connectivity index (χ3n) is 3.55. The van der Waals surface area contributed by atoms with Gasteiger partial charge in [-0.15, -0.1) is 0 Å². The zero-order valence-corrected chi connectivity index (χ0v) is 15.7. The molecule has 144 valence electrons. The number of carbonyl (C=O) groups is 3. The zero-order valence-electron chi connectivity index (χ0n) is 15.7. The molecule has 0 heterocycles. The lowest BCUT2D eigenvalue weighted by molar-refractivity contribution is -0.125. The van der Waals surface area contributed by atoms with Crippen LogP contribution in [0.5, 0.6) is 0 Å². The van der Waals surface area contributed by atoms with E-state index in [-0.39, 0.29) is 37.4 Å². The average Bonchev–Trinajstić information content (AvgIpc) is 2.58. The minimum absolute atomic E-state index is 0.0977. The van der Waals surface area contributed by atoms with Gasteiger partial charge < -0.3 is 20.7 Å². The normalized spacial score (nSPS) is 11.5. The molecule has 7 nitrogen and oxygen atoms in total. The number of benzene rings is 1. The number of carbonyl (C=O) groups excluding carboxylic acids is 3. The van der Waals surface area contributed by atoms with Crippen molar-refractivity contribution in [2.24, 2.45) is 5.92 Å². The lowest BCUT2D eigenvalue weighted by atomic mass is 10.0. The largest absolute Gasteiger partial charge is 0.450 e. The van der Waals surface area contributed by atoms with Crippen molar-refractivity contribution >= 4 is 17.9 Å². The van der Waals surface area contributed by atoms with E-state index in [1.54, 1.807) is 6.92 Å². The van der Waals surface area contributed by atoms with Gasteiger partial charge in [-0.05, 0) is 24.8 Å². The molecule has 0 aliphatic heterocycles. The molecular weight excluding hydrogens is 334 g/mol. The summed E-state index contributed by atoms with van der Waals surface area (Å²) in [4.78, 5) is 35.4. The summed E-state index contributed by atoms with van der Waals surface area (Å²) in [6.45, 7) is 6.28. The van der Waals surface area contributed by atoms with Gasteiger partial charge in [0.1, 0.15) is 0 Å². The number of rotatable bonds is 10. The predicted octanol–water partition coefficient (Wildman–Crippen LogP) is 1.62. The Morgan fingerprint density at radius 1 is 1.04 bits per heavy atom. The SMILES string of the molecule is CCOC(=O)NC(CNC(=O)CNC(=O)Cc1ccccc1)CC(C)C. The van der Waals surface area contributed by atoms with E-state index >= 15 is 0 Å². The van der Waals surface area contributed by atoms with Crippen LogP contribution < -0.4 is 16.0 Å². The molecular formula is C19H29N3O4. The number of amides is 3. The number of hydrogen-bond acceptors (Lipinski definition) is 4. The van der Waals surface area contributed by atoms with Crippen molar-refractivity contribution in [3.63, 3.8) is 0 Å². The molecule has 0 aromatic heterocycles. The van der Waals surface area contributed by atoms with Crippen molar-refractivity contribution < 1.29 is 19.1 Å². The van der Waals surface area contributed by atoms with Gasteiger partial charge in [-0.3, -0.25) is 9.59 Å². The van der Waals surface area contributed by atoms with Gasteiger partial charge in [0.2, 0.25) is 11.8 Å². The second-order valence-corrected chi connectivity index (χ2v) is 6.43. The molecule has 26 heavy (non-hydrogen) atoms. The molecule has 0 saturated heterocycles. The molecule has 0 aliphatic carbocycles. The Morgan fingerprint density at radius 2 is 1.73 bits per heavy atom. The van der Waals surface area contributed by atoms with E-state index in [9.17, 15) is 14.4 Å². The van der Waals surface area contributed by atoms with Crippen LogP contribution in [0.2, 0.25) is 0 Å². The Balaban J connectivity index is 2.34. The molecule has 1 atom stereocenters. The highest BCUT2D eigenvalue weighted by atomic mass is 16.5. The van der Waals surface area contributed by atoms with Crippen LogP contribution in [0, 0.1) is 5.92 Å². The molecule has 0 spiro atoms. The standard InChI is InChI=1S/C19H29N3O4/c1-4-26-19(25)22-16(10-14(2)3)12-20-18(24)13-21-17(23)11-15-8-6-5-7-9-15/h5-9,14,16H,4,10-13H2,1-3H3,(H,20,24)(H,21,23)(H,22,25). The van der Waals surface area contributed by atoms with E-state index in [2.05, 4.69) is 16.0 Å². The molecule has 1 rings (SSSR count). The smallest absolute Gasteiger partial charge is 0.407 e. The quantitative estimate of drug-likeness (QED) is 0.588. The van der Waals surface area contributed by atoms with Crippen LogP contribution in [0.3, 0.4) is 0 Å². The first-order valence-corrected chi connectivity index (χ1v) is 8.91. The van der Waals surface area contributed by atoms with Crippen LogP contribution in [-0.4, -0.2) is 43.6 Å². The van der Waals surface area contributed by atoms with Crippen LogP contribution in [0.4, 0.5) is 4.79 Å². The Morgan fingerprint density at radius 3 is 2.35 bits per heavy atom. The number of hydrogen-bond donors (Lipinski definition) is 3. The molecule has 0 fully saturated rings. The van der Waals surface area contributed by atoms with Gasteiger partial charge in [0.25, 0.3) is 0 Å². The van der Waals surface area contributed by atoms with Gasteiger partial charge in [0.15, 0.2) is 0 Å². The summed E-state index contributed by atoms with van der Waals surface area (Å²) < 4.78 is 4.88. The van der Waals surface area contributed by atoms with E-state index in [4.69, 9.17) is 4.74 Å². The number of ether oxygens (including phenoxy) is 1. The molecule has 7 heteroatoms. The Labute approximate surface area is 154 Å². The summed E-state index contributed by atoms with van der Waals surface area (Å²) in [7, 11) is 0. The van der Waals surface area contributed by atoms with Gasteiger partial charge >= 0.3 is 6.09 Å². The summed E-state index contributed by atoms with van der Waals surface area (Å²) in [5.74, 6) is -0.162. The number of nitrogens with one attached hydrogen (secondary N) is 3. The highest BCUT2D eigenvalue weighted by molar-refractivity contribution is 5.85. The molecule has 3 N–H and O–H groups in total. The Kier molecular flexibility index (Phi) is 9.82. The van der Waals surface area contributed by atoms with Crippen molar-refractivity contribution in [3.8, 4) is 0 Å². The second-order valence-electron chi connectivity index (χ2n) is 6.43. The first-order chi connectivity index (χ1) is 12.4. The van der Waals surface area contributed by atoms with Crippen LogP contribution >= 0.6 is 0 Å². The molecule has 1 aromatic rings. The maximum atomic E-state index is 11.9. The van der Waals surface area contributed by atoms with Crippen molar-refractivity contribution in [1.29, 1.82) is 0 Å². The summed E-state index contributed by atoms with van der Waals surface area (Å²) >= 11 is 0. The molecule has 1 aromatic carbocycles. The van der Waals surface area contributed by atoms with Gasteiger partial charge in [0.05, 0.1) is 19.6 Å². The van der Waals surface area contributed by atoms with Crippen LogP contribution in [0.1, 0.15) is 32.8 Å². The van der Waals surface area contributed by atoms with E-state index in [0.717, 1.165) is 5.56 Å². The van der Waals surface area contributed by atoms with Gasteiger partial charge in [-0.1, -0.05) is 44.2 Å². The fourth-order valence-electron chi connectivity index (χ4n) is 2.42. The van der Waals surface area contributed by atoms with Crippen molar-refractivity contribution in [1.82, 2.24) is 16.0 Å². The van der Waals surface area contributed by atoms with E-state index in [0.29, 0.717) is 18.9 Å². The predicted molar refractivity (Wildman–Crippen MR) is 99.6 cm³/mol. The fraction of sp³-hybridized carbons (Fsp3) is 0.526. The monoisotopic (exact) mass is 363 g/mol. The van der Waals surface area contributed by atoms with Gasteiger partial charge in [-0.25, -0.2) is 4.79 Å². The third kappa shape index (κ3) is 9.66. The van der Waals surface area contributed by atoms with Crippen molar-refractivity contribution in [2.45, 2.75) is 39.7 Å². The number of alkyl carbamates (subject to hydrolysis) is 1. The topological polar surface area (TPSA) is 96.5 Å². The molecule has 3 amide bonds. The van der Waals surface area contributed by atoms with Crippen LogP contribution in [0.25, 0.3) is 0 Å². The zero-order chi connectivity index (χ0) is 19.4. The fourth-order valence-corrected chi connectivity index (χ4v) is 2.42. The van der Waals surface area contributed by atoms with Crippen LogP contribution in [-0.2, 0) is 20.7 Å². The maximum absolute atomic E-state index is 11.9. The molecule has 0 aliphatic rings. The summed E-state index contributed by atoms with van der Waals surface area (Å²) in [5.41, 5.74) is 0.890. The molecule has 0 saturated carbocycles. The van der Waals surface area contributed by atoms with Crippen LogP contribution in [0.15, 0.2) is 30.3 Å². The summed E-state index contributed by atoms with van der Waals surface area (Å²) in [6, 6.07) is 9.10. The summed E-state index contributed by atoms with van der Waals surface area (Å²) in [5, 5.41) is 8.06.